The second kappa shape index (κ2) is 11.1. The van der Waals surface area contributed by atoms with E-state index in [0.717, 1.165) is 4.90 Å². The number of carbonyl (C=O) groups excluding carboxylic acids is 3. The molecule has 1 saturated heterocycles. The predicted octanol–water partition coefficient (Wildman–Crippen LogP) is -0.947. The normalized spacial score (nSPS) is 20.7. The van der Waals surface area contributed by atoms with Crippen molar-refractivity contribution in [3.8, 4) is 0 Å². The van der Waals surface area contributed by atoms with Gasteiger partial charge in [-0.2, -0.15) is 0 Å². The number of rotatable bonds is 10. The number of hydrogen-bond donors (Lipinski definition) is 5. The van der Waals surface area contributed by atoms with Gasteiger partial charge >= 0.3 is 5.97 Å². The summed E-state index contributed by atoms with van der Waals surface area (Å²) in [7, 11) is 0. The van der Waals surface area contributed by atoms with Gasteiger partial charge in [-0.15, -0.1) is 0 Å². The highest BCUT2D eigenvalue weighted by atomic mass is 16.4. The van der Waals surface area contributed by atoms with Crippen LogP contribution in [0.1, 0.15) is 47.0 Å². The SMILES string of the molecule is CCC(C)C(NC(=O)C(N)C(C)C)C(=O)NC(CO)C(=O)N1CCCC1C(=O)O. The molecule has 1 rings (SSSR count). The monoisotopic (exact) mass is 414 g/mol. The minimum Gasteiger partial charge on any atom is -0.480 e. The van der Waals surface area contributed by atoms with Gasteiger partial charge in [0.25, 0.3) is 0 Å². The Bertz CT molecular complexity index is 612. The number of nitrogens with one attached hydrogen (secondary N) is 2. The number of aliphatic carboxylic acids is 1. The number of carbonyl (C=O) groups is 4. The van der Waals surface area contributed by atoms with Gasteiger partial charge in [-0.05, 0) is 24.7 Å². The van der Waals surface area contributed by atoms with Crippen LogP contribution in [0.5, 0.6) is 0 Å². The lowest BCUT2D eigenvalue weighted by molar-refractivity contribution is -0.150. The lowest BCUT2D eigenvalue weighted by Gasteiger charge is -2.30. The average Bonchev–Trinajstić information content (AvgIpc) is 3.18. The zero-order valence-corrected chi connectivity index (χ0v) is 17.6. The summed E-state index contributed by atoms with van der Waals surface area (Å²) in [5.41, 5.74) is 5.85. The molecule has 0 bridgehead atoms. The fourth-order valence-electron chi connectivity index (χ4n) is 3.19. The van der Waals surface area contributed by atoms with Gasteiger partial charge in [0, 0.05) is 6.54 Å². The van der Waals surface area contributed by atoms with Gasteiger partial charge in [-0.25, -0.2) is 4.79 Å². The summed E-state index contributed by atoms with van der Waals surface area (Å²) in [5.74, 6) is -3.23. The summed E-state index contributed by atoms with van der Waals surface area (Å²) in [5, 5.41) is 24.0. The molecule has 0 aromatic heterocycles. The molecule has 10 heteroatoms. The van der Waals surface area contributed by atoms with E-state index < -0.39 is 54.5 Å². The number of hydrogen-bond acceptors (Lipinski definition) is 6. The van der Waals surface area contributed by atoms with E-state index in [2.05, 4.69) is 10.6 Å². The molecule has 1 aliphatic heterocycles. The van der Waals surface area contributed by atoms with Crippen LogP contribution in [0, 0.1) is 11.8 Å². The van der Waals surface area contributed by atoms with Crippen LogP contribution >= 0.6 is 0 Å². The number of carboxylic acid groups (broad SMARTS) is 1. The van der Waals surface area contributed by atoms with E-state index in [0.29, 0.717) is 19.3 Å². The molecule has 6 N–H and O–H groups in total. The van der Waals surface area contributed by atoms with Gasteiger partial charge < -0.3 is 31.5 Å². The number of carboxylic acids is 1. The summed E-state index contributed by atoms with van der Waals surface area (Å²) < 4.78 is 0. The molecule has 5 unspecified atom stereocenters. The molecule has 0 aromatic carbocycles. The van der Waals surface area contributed by atoms with Gasteiger partial charge in [0.2, 0.25) is 17.7 Å². The van der Waals surface area contributed by atoms with Crippen molar-refractivity contribution in [3.63, 3.8) is 0 Å². The van der Waals surface area contributed by atoms with Crippen molar-refractivity contribution in [1.82, 2.24) is 15.5 Å². The maximum absolute atomic E-state index is 12.8. The first-order chi connectivity index (χ1) is 13.5. The molecule has 1 fully saturated rings. The molecule has 0 radical (unpaired) electrons. The van der Waals surface area contributed by atoms with Gasteiger partial charge in [-0.1, -0.05) is 34.1 Å². The summed E-state index contributed by atoms with van der Waals surface area (Å²) in [4.78, 5) is 50.3. The molecule has 0 aromatic rings. The van der Waals surface area contributed by atoms with Crippen LogP contribution in [-0.2, 0) is 19.2 Å². The fraction of sp³-hybridized carbons (Fsp3) is 0.789. The summed E-state index contributed by atoms with van der Waals surface area (Å²) in [6.07, 6.45) is 1.44. The van der Waals surface area contributed by atoms with Crippen molar-refractivity contribution in [1.29, 1.82) is 0 Å². The summed E-state index contributed by atoms with van der Waals surface area (Å²) in [6, 6.07) is -3.98. The number of aliphatic hydroxyl groups is 1. The molecule has 166 valence electrons. The average molecular weight is 415 g/mol. The zero-order valence-electron chi connectivity index (χ0n) is 17.6. The molecule has 1 aliphatic rings. The van der Waals surface area contributed by atoms with E-state index in [-0.39, 0.29) is 18.4 Å². The number of nitrogens with zero attached hydrogens (tertiary/aromatic N) is 1. The highest BCUT2D eigenvalue weighted by Crippen LogP contribution is 2.19. The summed E-state index contributed by atoms with van der Waals surface area (Å²) >= 11 is 0. The third kappa shape index (κ3) is 6.40. The maximum atomic E-state index is 12.8. The van der Waals surface area contributed by atoms with Crippen LogP contribution in [0.15, 0.2) is 0 Å². The van der Waals surface area contributed by atoms with Gasteiger partial charge in [0.1, 0.15) is 18.1 Å². The smallest absolute Gasteiger partial charge is 0.326 e. The largest absolute Gasteiger partial charge is 0.480 e. The van der Waals surface area contributed by atoms with E-state index in [1.807, 2.05) is 6.92 Å². The molecule has 1 heterocycles. The van der Waals surface area contributed by atoms with E-state index in [1.165, 1.54) is 0 Å². The molecular weight excluding hydrogens is 380 g/mol. The molecule has 3 amide bonds. The Labute approximate surface area is 171 Å². The van der Waals surface area contributed by atoms with Crippen LogP contribution in [-0.4, -0.2) is 76.1 Å². The lowest BCUT2D eigenvalue weighted by atomic mass is 9.96. The molecule has 5 atom stereocenters. The van der Waals surface area contributed by atoms with Crippen molar-refractivity contribution in [2.45, 2.75) is 71.1 Å². The fourth-order valence-corrected chi connectivity index (χ4v) is 3.19. The quantitative estimate of drug-likeness (QED) is 0.308. The first kappa shape index (κ1) is 24.8. The zero-order chi connectivity index (χ0) is 22.3. The van der Waals surface area contributed by atoms with Gasteiger partial charge in [0.05, 0.1) is 12.6 Å². The van der Waals surface area contributed by atoms with E-state index in [4.69, 9.17) is 5.73 Å². The highest BCUT2D eigenvalue weighted by Gasteiger charge is 2.38. The van der Waals surface area contributed by atoms with Crippen molar-refractivity contribution in [2.75, 3.05) is 13.2 Å². The van der Waals surface area contributed by atoms with E-state index >= 15 is 0 Å². The van der Waals surface area contributed by atoms with Crippen LogP contribution in [0.2, 0.25) is 0 Å². The topological polar surface area (TPSA) is 162 Å². The Kier molecular flexibility index (Phi) is 9.51. The number of aliphatic hydroxyl groups excluding tert-OH is 1. The standard InChI is InChI=1S/C19H34N4O6/c1-5-11(4)15(22-16(25)14(20)10(2)3)17(26)21-12(9-24)18(27)23-8-6-7-13(23)19(28)29/h10-15,24H,5-9,20H2,1-4H3,(H,21,26)(H,22,25)(H,28,29). The Morgan fingerprint density at radius 1 is 1.14 bits per heavy atom. The first-order valence-corrected chi connectivity index (χ1v) is 10.1. The third-order valence-electron chi connectivity index (χ3n) is 5.43. The van der Waals surface area contributed by atoms with Crippen LogP contribution in [0.3, 0.4) is 0 Å². The minimum absolute atomic E-state index is 0.120. The molecule has 0 saturated carbocycles. The molecule has 0 spiro atoms. The molecule has 29 heavy (non-hydrogen) atoms. The predicted molar refractivity (Wildman–Crippen MR) is 106 cm³/mol. The number of nitrogens with two attached hydrogens (primary N) is 1. The Morgan fingerprint density at radius 3 is 2.24 bits per heavy atom. The Morgan fingerprint density at radius 2 is 1.76 bits per heavy atom. The third-order valence-corrected chi connectivity index (χ3v) is 5.43. The molecule has 0 aliphatic carbocycles. The Balaban J connectivity index is 2.91. The lowest BCUT2D eigenvalue weighted by Crippen LogP contribution is -2.59. The highest BCUT2D eigenvalue weighted by molar-refractivity contribution is 5.94. The van der Waals surface area contributed by atoms with Crippen molar-refractivity contribution < 1.29 is 29.4 Å². The minimum atomic E-state index is -1.29. The molecular formula is C19H34N4O6. The molecule has 10 nitrogen and oxygen atoms in total. The van der Waals surface area contributed by atoms with Crippen LogP contribution in [0.4, 0.5) is 0 Å². The first-order valence-electron chi connectivity index (χ1n) is 10.1. The van der Waals surface area contributed by atoms with Gasteiger partial charge in [-0.3, -0.25) is 14.4 Å². The summed E-state index contributed by atoms with van der Waals surface area (Å²) in [6.45, 7) is 6.78. The number of likely N-dealkylation sites (tertiary alicyclic amines) is 1. The maximum Gasteiger partial charge on any atom is 0.326 e. The van der Waals surface area contributed by atoms with E-state index in [9.17, 15) is 29.4 Å². The second-order valence-electron chi connectivity index (χ2n) is 7.91. The van der Waals surface area contributed by atoms with Crippen molar-refractivity contribution in [3.05, 3.63) is 0 Å². The van der Waals surface area contributed by atoms with Crippen molar-refractivity contribution in [2.24, 2.45) is 17.6 Å². The number of amides is 3. The Hall–Kier alpha value is -2.20. The van der Waals surface area contributed by atoms with Crippen LogP contribution in [0.25, 0.3) is 0 Å². The van der Waals surface area contributed by atoms with Crippen molar-refractivity contribution >= 4 is 23.7 Å². The van der Waals surface area contributed by atoms with Crippen LogP contribution < -0.4 is 16.4 Å². The second-order valence-corrected chi connectivity index (χ2v) is 7.91. The van der Waals surface area contributed by atoms with E-state index in [1.54, 1.807) is 20.8 Å². The van der Waals surface area contributed by atoms with Gasteiger partial charge in [0.15, 0.2) is 0 Å².